The molecule has 0 heterocycles. The summed E-state index contributed by atoms with van der Waals surface area (Å²) in [5, 5.41) is 2.86. The highest BCUT2D eigenvalue weighted by Gasteiger charge is 2.11. The number of hydrogen-bond donors (Lipinski definition) is 2. The molecule has 2 rings (SSSR count). The topological polar surface area (TPSA) is 29.1 Å². The molecule has 19 heavy (non-hydrogen) atoms. The summed E-state index contributed by atoms with van der Waals surface area (Å²) in [6, 6.07) is 11.1. The number of anilines is 1. The van der Waals surface area contributed by atoms with Gasteiger partial charge in [0.05, 0.1) is 5.56 Å². The average Bonchev–Trinajstić information content (AvgIpc) is 2.36. The van der Waals surface area contributed by atoms with Crippen LogP contribution in [0.5, 0.6) is 0 Å². The lowest BCUT2D eigenvalue weighted by Gasteiger charge is -2.09. The predicted molar refractivity (Wildman–Crippen MR) is 88.2 cm³/mol. The summed E-state index contributed by atoms with van der Waals surface area (Å²) in [6.45, 7) is 2.00. The van der Waals surface area contributed by atoms with E-state index in [2.05, 4.69) is 49.8 Å². The first-order valence-corrected chi connectivity index (χ1v) is 7.56. The maximum Gasteiger partial charge on any atom is 0.256 e. The van der Waals surface area contributed by atoms with Crippen molar-refractivity contribution in [1.82, 2.24) is 0 Å². The lowest BCUT2D eigenvalue weighted by Crippen LogP contribution is -2.12. The normalized spacial score (nSPS) is 10.3. The Bertz CT molecular complexity index is 643. The van der Waals surface area contributed by atoms with E-state index < -0.39 is 0 Å². The van der Waals surface area contributed by atoms with Gasteiger partial charge in [-0.3, -0.25) is 4.79 Å². The summed E-state index contributed by atoms with van der Waals surface area (Å²) in [4.78, 5) is 12.9. The van der Waals surface area contributed by atoms with Crippen molar-refractivity contribution in [3.63, 3.8) is 0 Å². The molecular weight excluding hydrogens is 390 g/mol. The standard InChI is InChI=1S/C14H11Br2NOS/c1-8-2-3-9(6-13(8)16)17-14(18)11-7-10(19)4-5-12(11)15/h2-7,19H,1H3,(H,17,18). The summed E-state index contributed by atoms with van der Waals surface area (Å²) in [6.07, 6.45) is 0. The van der Waals surface area contributed by atoms with Gasteiger partial charge in [0, 0.05) is 19.5 Å². The summed E-state index contributed by atoms with van der Waals surface area (Å²) >= 11 is 11.1. The third-order valence-electron chi connectivity index (χ3n) is 2.62. The van der Waals surface area contributed by atoms with Crippen molar-refractivity contribution >= 4 is 56.1 Å². The molecule has 2 nitrogen and oxygen atoms in total. The van der Waals surface area contributed by atoms with Crippen molar-refractivity contribution < 1.29 is 4.79 Å². The molecule has 0 aromatic heterocycles. The van der Waals surface area contributed by atoms with Crippen LogP contribution in [0.2, 0.25) is 0 Å². The first kappa shape index (κ1) is 14.6. The highest BCUT2D eigenvalue weighted by atomic mass is 79.9. The molecule has 1 N–H and O–H groups in total. The lowest BCUT2D eigenvalue weighted by molar-refractivity contribution is 0.102. The van der Waals surface area contributed by atoms with Crippen LogP contribution in [-0.4, -0.2) is 5.91 Å². The highest BCUT2D eigenvalue weighted by Crippen LogP contribution is 2.24. The maximum atomic E-state index is 12.2. The molecule has 0 bridgehead atoms. The zero-order valence-corrected chi connectivity index (χ0v) is 14.1. The van der Waals surface area contributed by atoms with E-state index in [1.54, 1.807) is 6.07 Å². The molecule has 0 unspecified atom stereocenters. The third-order valence-corrected chi connectivity index (χ3v) is 4.45. The van der Waals surface area contributed by atoms with Gasteiger partial charge in [-0.15, -0.1) is 12.6 Å². The molecule has 0 aliphatic rings. The van der Waals surface area contributed by atoms with Gasteiger partial charge in [0.1, 0.15) is 0 Å². The van der Waals surface area contributed by atoms with E-state index in [1.807, 2.05) is 37.3 Å². The molecule has 0 saturated carbocycles. The molecular formula is C14H11Br2NOS. The zero-order chi connectivity index (χ0) is 14.0. The molecule has 2 aromatic carbocycles. The summed E-state index contributed by atoms with van der Waals surface area (Å²) in [7, 11) is 0. The van der Waals surface area contributed by atoms with Crippen LogP contribution >= 0.6 is 44.5 Å². The summed E-state index contributed by atoms with van der Waals surface area (Å²) in [5.41, 5.74) is 2.43. The molecule has 0 radical (unpaired) electrons. The second kappa shape index (κ2) is 6.11. The highest BCUT2D eigenvalue weighted by molar-refractivity contribution is 9.10. The Hall–Kier alpha value is -0.780. The number of benzene rings is 2. The van der Waals surface area contributed by atoms with E-state index in [9.17, 15) is 4.79 Å². The van der Waals surface area contributed by atoms with Crippen molar-refractivity contribution in [1.29, 1.82) is 0 Å². The van der Waals surface area contributed by atoms with E-state index in [4.69, 9.17) is 0 Å². The number of carbonyl (C=O) groups excluding carboxylic acids is 1. The lowest BCUT2D eigenvalue weighted by atomic mass is 10.2. The molecule has 5 heteroatoms. The fraction of sp³-hybridized carbons (Fsp3) is 0.0714. The van der Waals surface area contributed by atoms with Crippen molar-refractivity contribution in [3.05, 3.63) is 56.5 Å². The summed E-state index contributed by atoms with van der Waals surface area (Å²) < 4.78 is 1.71. The number of rotatable bonds is 2. The van der Waals surface area contributed by atoms with Crippen LogP contribution in [0.4, 0.5) is 5.69 Å². The number of aryl methyl sites for hydroxylation is 1. The predicted octanol–water partition coefficient (Wildman–Crippen LogP) is 5.06. The maximum absolute atomic E-state index is 12.2. The fourth-order valence-electron chi connectivity index (χ4n) is 1.56. The monoisotopic (exact) mass is 399 g/mol. The van der Waals surface area contributed by atoms with Gasteiger partial charge >= 0.3 is 0 Å². The minimum atomic E-state index is -0.168. The van der Waals surface area contributed by atoms with E-state index in [1.165, 1.54) is 0 Å². The van der Waals surface area contributed by atoms with Crippen LogP contribution in [0.3, 0.4) is 0 Å². The molecule has 1 amide bonds. The third kappa shape index (κ3) is 3.61. The van der Waals surface area contributed by atoms with Crippen molar-refractivity contribution in [2.75, 3.05) is 5.32 Å². The molecule has 0 saturated heterocycles. The first-order chi connectivity index (χ1) is 8.97. The van der Waals surface area contributed by atoms with Crippen LogP contribution in [0.15, 0.2) is 50.2 Å². The van der Waals surface area contributed by atoms with Crippen LogP contribution < -0.4 is 5.32 Å². The average molecular weight is 401 g/mol. The Labute approximate surface area is 134 Å². The van der Waals surface area contributed by atoms with Crippen molar-refractivity contribution in [2.24, 2.45) is 0 Å². The number of hydrogen-bond acceptors (Lipinski definition) is 2. The Morgan fingerprint density at radius 2 is 1.84 bits per heavy atom. The van der Waals surface area contributed by atoms with Gasteiger partial charge < -0.3 is 5.32 Å². The van der Waals surface area contributed by atoms with E-state index in [0.29, 0.717) is 5.56 Å². The van der Waals surface area contributed by atoms with Gasteiger partial charge in [-0.1, -0.05) is 22.0 Å². The number of carbonyl (C=O) groups is 1. The van der Waals surface area contributed by atoms with Gasteiger partial charge in [-0.05, 0) is 58.7 Å². The van der Waals surface area contributed by atoms with Crippen LogP contribution in [-0.2, 0) is 0 Å². The molecule has 2 aromatic rings. The minimum Gasteiger partial charge on any atom is -0.322 e. The zero-order valence-electron chi connectivity index (χ0n) is 10.1. The largest absolute Gasteiger partial charge is 0.322 e. The number of amides is 1. The molecule has 0 atom stereocenters. The van der Waals surface area contributed by atoms with Crippen LogP contribution in [0.1, 0.15) is 15.9 Å². The molecule has 0 fully saturated rings. The van der Waals surface area contributed by atoms with Gasteiger partial charge in [-0.25, -0.2) is 0 Å². The first-order valence-electron chi connectivity index (χ1n) is 5.53. The van der Waals surface area contributed by atoms with E-state index in [-0.39, 0.29) is 5.91 Å². The molecule has 0 aliphatic carbocycles. The van der Waals surface area contributed by atoms with Crippen LogP contribution in [0.25, 0.3) is 0 Å². The summed E-state index contributed by atoms with van der Waals surface area (Å²) in [5.74, 6) is -0.168. The quantitative estimate of drug-likeness (QED) is 0.677. The minimum absolute atomic E-state index is 0.168. The smallest absolute Gasteiger partial charge is 0.256 e. The van der Waals surface area contributed by atoms with E-state index in [0.717, 1.165) is 25.1 Å². The SMILES string of the molecule is Cc1ccc(NC(=O)c2cc(S)ccc2Br)cc1Br. The Morgan fingerprint density at radius 1 is 1.11 bits per heavy atom. The number of halogens is 2. The van der Waals surface area contributed by atoms with Crippen molar-refractivity contribution in [2.45, 2.75) is 11.8 Å². The molecule has 0 aliphatic heterocycles. The molecule has 98 valence electrons. The van der Waals surface area contributed by atoms with Crippen LogP contribution in [0, 0.1) is 6.92 Å². The number of thiol groups is 1. The van der Waals surface area contributed by atoms with E-state index >= 15 is 0 Å². The van der Waals surface area contributed by atoms with Crippen molar-refractivity contribution in [3.8, 4) is 0 Å². The van der Waals surface area contributed by atoms with Gasteiger partial charge in [0.15, 0.2) is 0 Å². The fourth-order valence-corrected chi connectivity index (χ4v) is 2.57. The van der Waals surface area contributed by atoms with Gasteiger partial charge in [-0.2, -0.15) is 0 Å². The Morgan fingerprint density at radius 3 is 2.53 bits per heavy atom. The molecule has 0 spiro atoms. The Balaban J connectivity index is 2.25. The second-order valence-electron chi connectivity index (χ2n) is 4.08. The second-order valence-corrected chi connectivity index (χ2v) is 6.31. The van der Waals surface area contributed by atoms with Gasteiger partial charge in [0.2, 0.25) is 0 Å². The van der Waals surface area contributed by atoms with Gasteiger partial charge in [0.25, 0.3) is 5.91 Å². The Kier molecular flexibility index (Phi) is 4.71. The number of nitrogens with one attached hydrogen (secondary N) is 1.